The summed E-state index contributed by atoms with van der Waals surface area (Å²) in [5.41, 5.74) is 0.933. The highest BCUT2D eigenvalue weighted by Crippen LogP contribution is 2.21. The van der Waals surface area contributed by atoms with Gasteiger partial charge in [-0.25, -0.2) is 4.98 Å². The van der Waals surface area contributed by atoms with Crippen molar-refractivity contribution in [2.75, 3.05) is 40.4 Å². The van der Waals surface area contributed by atoms with Crippen molar-refractivity contribution in [1.82, 2.24) is 14.8 Å². The zero-order valence-electron chi connectivity index (χ0n) is 14.8. The number of hydrogen-bond acceptors (Lipinski definition) is 5. The summed E-state index contributed by atoms with van der Waals surface area (Å²) < 4.78 is 10.9. The predicted octanol–water partition coefficient (Wildman–Crippen LogP) is 1.73. The molecule has 130 valence electrons. The maximum absolute atomic E-state index is 12.4. The van der Waals surface area contributed by atoms with E-state index in [-0.39, 0.29) is 5.91 Å². The van der Waals surface area contributed by atoms with Crippen LogP contribution in [0.1, 0.15) is 37.6 Å². The monoisotopic (exact) mass is 323 g/mol. The van der Waals surface area contributed by atoms with Crippen molar-refractivity contribution >= 4 is 5.91 Å². The second-order valence-corrected chi connectivity index (χ2v) is 6.71. The van der Waals surface area contributed by atoms with Gasteiger partial charge < -0.3 is 14.1 Å². The number of likely N-dealkylation sites (N-methyl/N-ethyl adjacent to an activating group) is 1. The smallest absolute Gasteiger partial charge is 0.237 e. The van der Waals surface area contributed by atoms with Crippen LogP contribution < -0.4 is 0 Å². The van der Waals surface area contributed by atoms with Gasteiger partial charge in [-0.1, -0.05) is 13.8 Å². The Morgan fingerprint density at radius 2 is 2.26 bits per heavy atom. The minimum atomic E-state index is 0.140. The summed E-state index contributed by atoms with van der Waals surface area (Å²) in [6.45, 7) is 7.48. The van der Waals surface area contributed by atoms with Crippen LogP contribution >= 0.6 is 0 Å². The topological polar surface area (TPSA) is 58.8 Å². The van der Waals surface area contributed by atoms with Gasteiger partial charge in [0, 0.05) is 33.0 Å². The Bertz CT molecular complexity index is 513. The average Bonchev–Trinajstić information content (AvgIpc) is 2.92. The van der Waals surface area contributed by atoms with Gasteiger partial charge in [-0.05, 0) is 19.4 Å². The summed E-state index contributed by atoms with van der Waals surface area (Å²) in [5, 5.41) is 0. The Morgan fingerprint density at radius 3 is 2.96 bits per heavy atom. The number of ether oxygens (including phenoxy) is 1. The van der Waals surface area contributed by atoms with E-state index in [2.05, 4.69) is 18.8 Å². The molecule has 0 aliphatic carbocycles. The Hall–Kier alpha value is -1.40. The van der Waals surface area contributed by atoms with Gasteiger partial charge in [-0.15, -0.1) is 0 Å². The molecule has 0 atom stereocenters. The van der Waals surface area contributed by atoms with Crippen LogP contribution in [0.5, 0.6) is 0 Å². The molecule has 1 aromatic heterocycles. The fourth-order valence-electron chi connectivity index (χ4n) is 2.64. The molecule has 0 bridgehead atoms. The molecule has 2 heterocycles. The zero-order chi connectivity index (χ0) is 16.8. The molecular weight excluding hydrogens is 294 g/mol. The highest BCUT2D eigenvalue weighted by molar-refractivity contribution is 5.78. The Kier molecular flexibility index (Phi) is 6.59. The molecule has 0 spiro atoms. The number of aromatic nitrogens is 1. The van der Waals surface area contributed by atoms with Crippen LogP contribution in [-0.4, -0.2) is 61.1 Å². The highest BCUT2D eigenvalue weighted by atomic mass is 16.5. The first-order valence-electron chi connectivity index (χ1n) is 8.42. The van der Waals surface area contributed by atoms with Crippen molar-refractivity contribution in [2.45, 2.75) is 39.7 Å². The molecule has 0 fully saturated rings. The lowest BCUT2D eigenvalue weighted by Crippen LogP contribution is -2.42. The van der Waals surface area contributed by atoms with E-state index in [9.17, 15) is 4.79 Å². The number of carbonyl (C=O) groups is 1. The van der Waals surface area contributed by atoms with E-state index in [4.69, 9.17) is 9.15 Å². The minimum absolute atomic E-state index is 0.140. The van der Waals surface area contributed by atoms with E-state index in [0.29, 0.717) is 32.2 Å². The standard InChI is InChI=1S/C17H29N3O3/c1-13(2)5-6-16-18-14-11-20(8-7-15(14)23-16)17(21)12-19(3)9-10-22-4/h13H,5-12H2,1-4H3. The van der Waals surface area contributed by atoms with Gasteiger partial charge in [0.25, 0.3) is 0 Å². The molecule has 0 N–H and O–H groups in total. The van der Waals surface area contributed by atoms with E-state index in [1.54, 1.807) is 7.11 Å². The molecule has 1 aliphatic heterocycles. The molecule has 1 aromatic rings. The van der Waals surface area contributed by atoms with Gasteiger partial charge in [-0.2, -0.15) is 0 Å². The molecule has 2 rings (SSSR count). The van der Waals surface area contributed by atoms with Crippen LogP contribution in [0.25, 0.3) is 0 Å². The van der Waals surface area contributed by atoms with Crippen LogP contribution in [-0.2, 0) is 28.9 Å². The summed E-state index contributed by atoms with van der Waals surface area (Å²) in [5.74, 6) is 2.55. The molecule has 0 radical (unpaired) electrons. The number of oxazole rings is 1. The highest BCUT2D eigenvalue weighted by Gasteiger charge is 2.25. The molecule has 0 saturated heterocycles. The number of fused-ring (bicyclic) bond motifs is 1. The number of hydrogen-bond donors (Lipinski definition) is 0. The third-order valence-corrected chi connectivity index (χ3v) is 4.14. The maximum atomic E-state index is 12.4. The number of nitrogens with zero attached hydrogens (tertiary/aromatic N) is 3. The van der Waals surface area contributed by atoms with Crippen molar-refractivity contribution in [1.29, 1.82) is 0 Å². The summed E-state index contributed by atoms with van der Waals surface area (Å²) in [7, 11) is 3.61. The molecule has 0 unspecified atom stereocenters. The second kappa shape index (κ2) is 8.45. The van der Waals surface area contributed by atoms with E-state index in [1.165, 1.54) is 0 Å². The SMILES string of the molecule is COCCN(C)CC(=O)N1CCc2oc(CCC(C)C)nc2C1. The second-order valence-electron chi connectivity index (χ2n) is 6.71. The lowest BCUT2D eigenvalue weighted by atomic mass is 10.1. The summed E-state index contributed by atoms with van der Waals surface area (Å²) in [6.07, 6.45) is 2.71. The number of methoxy groups -OCH3 is 1. The van der Waals surface area contributed by atoms with Gasteiger partial charge in [-0.3, -0.25) is 9.69 Å². The third kappa shape index (κ3) is 5.32. The lowest BCUT2D eigenvalue weighted by Gasteiger charge is -2.27. The first kappa shape index (κ1) is 17.9. The molecule has 6 heteroatoms. The number of carbonyl (C=O) groups excluding carboxylic acids is 1. The zero-order valence-corrected chi connectivity index (χ0v) is 14.8. The van der Waals surface area contributed by atoms with Crippen molar-refractivity contribution in [3.63, 3.8) is 0 Å². The van der Waals surface area contributed by atoms with Gasteiger partial charge in [0.15, 0.2) is 5.89 Å². The van der Waals surface area contributed by atoms with E-state index < -0.39 is 0 Å². The summed E-state index contributed by atoms with van der Waals surface area (Å²) in [6, 6.07) is 0. The minimum Gasteiger partial charge on any atom is -0.445 e. The normalized spacial score (nSPS) is 14.6. The Balaban J connectivity index is 1.88. The summed E-state index contributed by atoms with van der Waals surface area (Å²) in [4.78, 5) is 20.8. The predicted molar refractivity (Wildman–Crippen MR) is 88.2 cm³/mol. The first-order valence-corrected chi connectivity index (χ1v) is 8.42. The quantitative estimate of drug-likeness (QED) is 0.729. The van der Waals surface area contributed by atoms with E-state index in [1.807, 2.05) is 16.8 Å². The fourth-order valence-corrected chi connectivity index (χ4v) is 2.64. The molecule has 0 aromatic carbocycles. The fraction of sp³-hybridized carbons (Fsp3) is 0.765. The van der Waals surface area contributed by atoms with Crippen LogP contribution in [0.3, 0.4) is 0 Å². The van der Waals surface area contributed by atoms with Gasteiger partial charge >= 0.3 is 0 Å². The number of amides is 1. The number of aryl methyl sites for hydroxylation is 1. The Labute approximate surface area is 138 Å². The van der Waals surface area contributed by atoms with Crippen molar-refractivity contribution in [2.24, 2.45) is 5.92 Å². The van der Waals surface area contributed by atoms with Crippen molar-refractivity contribution < 1.29 is 13.9 Å². The van der Waals surface area contributed by atoms with E-state index in [0.717, 1.165) is 43.2 Å². The van der Waals surface area contributed by atoms with Crippen molar-refractivity contribution in [3.05, 3.63) is 17.3 Å². The van der Waals surface area contributed by atoms with Crippen LogP contribution in [0, 0.1) is 5.92 Å². The largest absolute Gasteiger partial charge is 0.445 e. The maximum Gasteiger partial charge on any atom is 0.237 e. The van der Waals surface area contributed by atoms with Crippen molar-refractivity contribution in [3.8, 4) is 0 Å². The summed E-state index contributed by atoms with van der Waals surface area (Å²) >= 11 is 0. The van der Waals surface area contributed by atoms with Crippen LogP contribution in [0.4, 0.5) is 0 Å². The molecule has 1 aliphatic rings. The molecule has 23 heavy (non-hydrogen) atoms. The van der Waals surface area contributed by atoms with Gasteiger partial charge in [0.05, 0.1) is 19.7 Å². The Morgan fingerprint density at radius 1 is 1.48 bits per heavy atom. The number of rotatable bonds is 8. The molecular formula is C17H29N3O3. The molecule has 6 nitrogen and oxygen atoms in total. The van der Waals surface area contributed by atoms with Gasteiger partial charge in [0.2, 0.25) is 5.91 Å². The lowest BCUT2D eigenvalue weighted by molar-refractivity contribution is -0.133. The van der Waals surface area contributed by atoms with Crippen LogP contribution in [0.2, 0.25) is 0 Å². The molecule has 1 amide bonds. The first-order chi connectivity index (χ1) is 11.0. The molecule has 0 saturated carbocycles. The average molecular weight is 323 g/mol. The van der Waals surface area contributed by atoms with E-state index >= 15 is 0 Å². The van der Waals surface area contributed by atoms with Gasteiger partial charge in [0.1, 0.15) is 11.5 Å². The third-order valence-electron chi connectivity index (χ3n) is 4.14. The van der Waals surface area contributed by atoms with Crippen LogP contribution in [0.15, 0.2) is 4.42 Å².